The number of amides is 2. The Balaban J connectivity index is 1.91. The van der Waals surface area contributed by atoms with Gasteiger partial charge in [0.25, 0.3) is 11.8 Å². The van der Waals surface area contributed by atoms with Gasteiger partial charge >= 0.3 is 0 Å². The molecule has 1 aliphatic heterocycles. The quantitative estimate of drug-likeness (QED) is 0.353. The molecule has 0 bridgehead atoms. The van der Waals surface area contributed by atoms with E-state index >= 15 is 0 Å². The normalized spacial score (nSPS) is 16.6. The fraction of sp³-hybridized carbons (Fsp3) is 0.261. The van der Waals surface area contributed by atoms with E-state index in [4.69, 9.17) is 17.0 Å². The van der Waals surface area contributed by atoms with Gasteiger partial charge in [0.1, 0.15) is 11.3 Å². The van der Waals surface area contributed by atoms with E-state index in [2.05, 4.69) is 35.1 Å². The van der Waals surface area contributed by atoms with Crippen LogP contribution in [0.25, 0.3) is 6.08 Å². The van der Waals surface area contributed by atoms with Crippen molar-refractivity contribution in [2.75, 3.05) is 4.90 Å². The minimum Gasteiger partial charge on any atom is -0.490 e. The first-order valence-electron chi connectivity index (χ1n) is 9.80. The molecule has 2 aromatic carbocycles. The van der Waals surface area contributed by atoms with Crippen LogP contribution in [0.4, 0.5) is 5.69 Å². The van der Waals surface area contributed by atoms with Crippen LogP contribution < -0.4 is 15.0 Å². The lowest BCUT2D eigenvalue weighted by molar-refractivity contribution is -0.122. The number of anilines is 1. The summed E-state index contributed by atoms with van der Waals surface area (Å²) in [5.41, 5.74) is 2.49. The van der Waals surface area contributed by atoms with Crippen molar-refractivity contribution in [1.82, 2.24) is 5.32 Å². The summed E-state index contributed by atoms with van der Waals surface area (Å²) in [6, 6.07) is 13.0. The van der Waals surface area contributed by atoms with Crippen LogP contribution in [0, 0.1) is 0 Å². The van der Waals surface area contributed by atoms with Crippen molar-refractivity contribution in [2.24, 2.45) is 0 Å². The SMILES string of the molecule is CCc1ccc(N2C(=O)/C(=C/c3ccc(O[C@H](C)CC)c(Br)c3)C(=O)NC2=S)cc1. The molecule has 0 saturated carbocycles. The third-order valence-electron chi connectivity index (χ3n) is 4.87. The van der Waals surface area contributed by atoms with Crippen molar-refractivity contribution >= 4 is 56.8 Å². The predicted octanol–water partition coefficient (Wildman–Crippen LogP) is 5.02. The maximum atomic E-state index is 13.1. The van der Waals surface area contributed by atoms with Gasteiger partial charge in [0.2, 0.25) is 0 Å². The number of carbonyl (C=O) groups is 2. The van der Waals surface area contributed by atoms with E-state index in [1.165, 1.54) is 4.90 Å². The summed E-state index contributed by atoms with van der Waals surface area (Å²) in [5.74, 6) is -0.253. The van der Waals surface area contributed by atoms with E-state index in [1.54, 1.807) is 6.08 Å². The number of thiocarbonyl (C=S) groups is 1. The van der Waals surface area contributed by atoms with Crippen molar-refractivity contribution in [3.05, 3.63) is 63.6 Å². The summed E-state index contributed by atoms with van der Waals surface area (Å²) < 4.78 is 6.60. The molecule has 2 amide bonds. The molecule has 2 aromatic rings. The first-order valence-corrected chi connectivity index (χ1v) is 11.0. The smallest absolute Gasteiger partial charge is 0.270 e. The largest absolute Gasteiger partial charge is 0.490 e. The monoisotopic (exact) mass is 486 g/mol. The molecule has 1 saturated heterocycles. The topological polar surface area (TPSA) is 58.6 Å². The van der Waals surface area contributed by atoms with E-state index < -0.39 is 11.8 Å². The highest BCUT2D eigenvalue weighted by atomic mass is 79.9. The first kappa shape index (κ1) is 22.2. The summed E-state index contributed by atoms with van der Waals surface area (Å²) in [5, 5.41) is 2.68. The molecule has 0 unspecified atom stereocenters. The van der Waals surface area contributed by atoms with Gasteiger partial charge in [-0.3, -0.25) is 19.8 Å². The van der Waals surface area contributed by atoms with Gasteiger partial charge in [-0.1, -0.05) is 32.0 Å². The first-order chi connectivity index (χ1) is 14.3. The molecule has 5 nitrogen and oxygen atoms in total. The van der Waals surface area contributed by atoms with Gasteiger partial charge in [-0.2, -0.15) is 0 Å². The van der Waals surface area contributed by atoms with Gasteiger partial charge in [0, 0.05) is 0 Å². The second kappa shape index (κ2) is 9.53. The summed E-state index contributed by atoms with van der Waals surface area (Å²) in [7, 11) is 0. The molecule has 0 spiro atoms. The average molecular weight is 487 g/mol. The van der Waals surface area contributed by atoms with Crippen LogP contribution in [0.1, 0.15) is 38.3 Å². The summed E-state index contributed by atoms with van der Waals surface area (Å²) >= 11 is 8.75. The fourth-order valence-corrected chi connectivity index (χ4v) is 3.71. The lowest BCUT2D eigenvalue weighted by Crippen LogP contribution is -2.54. The van der Waals surface area contributed by atoms with Gasteiger partial charge in [-0.15, -0.1) is 0 Å². The summed E-state index contributed by atoms with van der Waals surface area (Å²) in [6.07, 6.45) is 3.43. The van der Waals surface area contributed by atoms with E-state index in [9.17, 15) is 9.59 Å². The predicted molar refractivity (Wildman–Crippen MR) is 127 cm³/mol. The van der Waals surface area contributed by atoms with Gasteiger partial charge in [0.05, 0.1) is 16.3 Å². The van der Waals surface area contributed by atoms with Gasteiger partial charge < -0.3 is 4.74 Å². The van der Waals surface area contributed by atoms with Crippen LogP contribution in [0.3, 0.4) is 0 Å². The number of ether oxygens (including phenoxy) is 1. The van der Waals surface area contributed by atoms with E-state index in [0.29, 0.717) is 17.0 Å². The maximum absolute atomic E-state index is 13.1. The minimum absolute atomic E-state index is 0.0191. The number of nitrogens with zero attached hydrogens (tertiary/aromatic N) is 1. The number of aryl methyl sites for hydroxylation is 1. The maximum Gasteiger partial charge on any atom is 0.270 e. The van der Waals surface area contributed by atoms with Crippen molar-refractivity contribution in [3.63, 3.8) is 0 Å². The molecule has 1 aliphatic rings. The zero-order chi connectivity index (χ0) is 21.8. The van der Waals surface area contributed by atoms with Crippen LogP contribution >= 0.6 is 28.1 Å². The average Bonchev–Trinajstić information content (AvgIpc) is 2.73. The minimum atomic E-state index is -0.512. The molecule has 3 rings (SSSR count). The molecule has 0 radical (unpaired) electrons. The molecule has 7 heteroatoms. The zero-order valence-electron chi connectivity index (χ0n) is 17.1. The van der Waals surface area contributed by atoms with Crippen molar-refractivity contribution in [2.45, 2.75) is 39.7 Å². The number of hydrogen-bond acceptors (Lipinski definition) is 4. The molecule has 1 fully saturated rings. The van der Waals surface area contributed by atoms with Gasteiger partial charge in [-0.05, 0) is 89.4 Å². The Bertz CT molecular complexity index is 1020. The number of benzene rings is 2. The van der Waals surface area contributed by atoms with Crippen molar-refractivity contribution < 1.29 is 14.3 Å². The standard InChI is InChI=1S/C23H23BrN2O3S/c1-4-14(3)29-20-11-8-16(13-19(20)24)12-18-21(27)25-23(30)26(22(18)28)17-9-6-15(5-2)7-10-17/h6-14H,4-5H2,1-3H3,(H,25,27,30)/b18-12+/t14-/m1/s1. The number of halogens is 1. The Kier molecular flexibility index (Phi) is 7.05. The Morgan fingerprint density at radius 1 is 1.17 bits per heavy atom. The highest BCUT2D eigenvalue weighted by Crippen LogP contribution is 2.29. The van der Waals surface area contributed by atoms with Crippen molar-refractivity contribution in [1.29, 1.82) is 0 Å². The number of hydrogen-bond donors (Lipinski definition) is 1. The summed E-state index contributed by atoms with van der Waals surface area (Å²) in [4.78, 5) is 26.9. The third kappa shape index (κ3) is 4.79. The molecular weight excluding hydrogens is 464 g/mol. The Labute approximate surface area is 190 Å². The van der Waals surface area contributed by atoms with Crippen LogP contribution in [-0.2, 0) is 16.0 Å². The Hall–Kier alpha value is -2.51. The molecule has 0 aromatic heterocycles. The lowest BCUT2D eigenvalue weighted by Gasteiger charge is -2.29. The molecule has 0 aliphatic carbocycles. The van der Waals surface area contributed by atoms with E-state index in [1.807, 2.05) is 49.4 Å². The Morgan fingerprint density at radius 2 is 1.87 bits per heavy atom. The highest BCUT2D eigenvalue weighted by molar-refractivity contribution is 9.10. The van der Waals surface area contributed by atoms with Crippen LogP contribution in [0.2, 0.25) is 0 Å². The fourth-order valence-electron chi connectivity index (χ4n) is 2.94. The van der Waals surface area contributed by atoms with E-state index in [0.717, 1.165) is 22.9 Å². The van der Waals surface area contributed by atoms with Gasteiger partial charge in [0.15, 0.2) is 5.11 Å². The number of carbonyl (C=O) groups excluding carboxylic acids is 2. The summed E-state index contributed by atoms with van der Waals surface area (Å²) in [6.45, 7) is 6.11. The second-order valence-electron chi connectivity index (χ2n) is 7.00. The molecule has 1 atom stereocenters. The second-order valence-corrected chi connectivity index (χ2v) is 8.25. The lowest BCUT2D eigenvalue weighted by atomic mass is 10.1. The molecule has 30 heavy (non-hydrogen) atoms. The van der Waals surface area contributed by atoms with Crippen molar-refractivity contribution in [3.8, 4) is 5.75 Å². The van der Waals surface area contributed by atoms with Crippen LogP contribution in [-0.4, -0.2) is 23.0 Å². The molecule has 1 N–H and O–H groups in total. The third-order valence-corrected chi connectivity index (χ3v) is 5.78. The van der Waals surface area contributed by atoms with Crippen LogP contribution in [0.5, 0.6) is 5.75 Å². The Morgan fingerprint density at radius 3 is 2.47 bits per heavy atom. The van der Waals surface area contributed by atoms with E-state index in [-0.39, 0.29) is 16.8 Å². The zero-order valence-corrected chi connectivity index (χ0v) is 19.5. The number of nitrogens with one attached hydrogen (secondary N) is 1. The van der Waals surface area contributed by atoms with Crippen LogP contribution in [0.15, 0.2) is 52.5 Å². The van der Waals surface area contributed by atoms with Gasteiger partial charge in [-0.25, -0.2) is 0 Å². The molecule has 1 heterocycles. The molecule has 156 valence electrons. The number of rotatable bonds is 6. The molecular formula is C23H23BrN2O3S. The highest BCUT2D eigenvalue weighted by Gasteiger charge is 2.34.